The third-order valence-electron chi connectivity index (χ3n) is 6.78. The van der Waals surface area contributed by atoms with E-state index in [1.54, 1.807) is 6.07 Å². The number of hydrogen-bond donors (Lipinski definition) is 4. The van der Waals surface area contributed by atoms with Gasteiger partial charge in [-0.15, -0.1) is 0 Å². The second-order valence-electron chi connectivity index (χ2n) is 9.15. The molecular formula is C28H27ClN6O2. The van der Waals surface area contributed by atoms with Crippen molar-refractivity contribution in [3.05, 3.63) is 87.2 Å². The van der Waals surface area contributed by atoms with Crippen LogP contribution in [-0.2, 0) is 17.8 Å². The molecule has 0 amide bonds. The minimum Gasteiger partial charge on any atom is -0.380 e. The Kier molecular flexibility index (Phi) is 6.30. The third kappa shape index (κ3) is 4.67. The Hall–Kier alpha value is -3.85. The molecular weight excluding hydrogens is 488 g/mol. The smallest absolute Gasteiger partial charge is 0.261 e. The molecule has 188 valence electrons. The van der Waals surface area contributed by atoms with Crippen molar-refractivity contribution in [1.82, 2.24) is 15.0 Å². The molecule has 0 bridgehead atoms. The Bertz CT molecular complexity index is 1640. The van der Waals surface area contributed by atoms with Crippen molar-refractivity contribution < 1.29 is 4.74 Å². The summed E-state index contributed by atoms with van der Waals surface area (Å²) in [5.41, 5.74) is 12.2. The van der Waals surface area contributed by atoms with Gasteiger partial charge in [-0.25, -0.2) is 4.98 Å². The largest absolute Gasteiger partial charge is 0.380 e. The van der Waals surface area contributed by atoms with E-state index >= 15 is 0 Å². The van der Waals surface area contributed by atoms with Gasteiger partial charge < -0.3 is 30.7 Å². The number of halogens is 1. The van der Waals surface area contributed by atoms with Crippen LogP contribution in [0.25, 0.3) is 33.3 Å². The number of fused-ring (bicyclic) bond motifs is 2. The van der Waals surface area contributed by atoms with Gasteiger partial charge in [0.15, 0.2) is 0 Å². The summed E-state index contributed by atoms with van der Waals surface area (Å²) >= 11 is 6.23. The molecule has 0 unspecified atom stereocenters. The summed E-state index contributed by atoms with van der Waals surface area (Å²) in [6.07, 6.45) is 0. The van der Waals surface area contributed by atoms with Gasteiger partial charge in [0.25, 0.3) is 5.56 Å². The van der Waals surface area contributed by atoms with Crippen molar-refractivity contribution in [3.63, 3.8) is 0 Å². The number of aromatic amines is 2. The minimum absolute atomic E-state index is 0.247. The Morgan fingerprint density at radius 1 is 0.973 bits per heavy atom. The summed E-state index contributed by atoms with van der Waals surface area (Å²) in [6, 6.07) is 19.7. The van der Waals surface area contributed by atoms with Crippen LogP contribution in [0.2, 0.25) is 5.02 Å². The van der Waals surface area contributed by atoms with Gasteiger partial charge in [-0.2, -0.15) is 0 Å². The Morgan fingerprint density at radius 2 is 1.76 bits per heavy atom. The molecule has 0 radical (unpaired) electrons. The van der Waals surface area contributed by atoms with Crippen LogP contribution in [0, 0.1) is 0 Å². The zero-order chi connectivity index (χ0) is 25.4. The maximum absolute atomic E-state index is 13.4. The predicted octanol–water partition coefficient (Wildman–Crippen LogP) is 4.63. The SMILES string of the molecule is NCc1ccc(CNc2c(-c3nc4ccc(N5CCOCC5)cc4[nH]3)c(=O)[nH]c3cc(Cl)ccc23)cc1. The summed E-state index contributed by atoms with van der Waals surface area (Å²) in [5, 5.41) is 4.91. The van der Waals surface area contributed by atoms with Gasteiger partial charge in [0.2, 0.25) is 0 Å². The van der Waals surface area contributed by atoms with Crippen molar-refractivity contribution in [2.24, 2.45) is 5.73 Å². The van der Waals surface area contributed by atoms with Crippen molar-refractivity contribution in [2.75, 3.05) is 36.5 Å². The summed E-state index contributed by atoms with van der Waals surface area (Å²) in [4.78, 5) is 26.9. The number of anilines is 2. The van der Waals surface area contributed by atoms with Crippen molar-refractivity contribution in [3.8, 4) is 11.4 Å². The second kappa shape index (κ2) is 9.89. The highest BCUT2D eigenvalue weighted by Gasteiger charge is 2.19. The number of imidazole rings is 1. The lowest BCUT2D eigenvalue weighted by Crippen LogP contribution is -2.36. The molecule has 3 aromatic carbocycles. The second-order valence-corrected chi connectivity index (χ2v) is 9.59. The predicted molar refractivity (Wildman–Crippen MR) is 149 cm³/mol. The topological polar surface area (TPSA) is 112 Å². The molecule has 1 aliphatic heterocycles. The number of morpholine rings is 1. The van der Waals surface area contributed by atoms with Gasteiger partial charge in [-0.05, 0) is 47.5 Å². The van der Waals surface area contributed by atoms with Crippen LogP contribution in [0.4, 0.5) is 11.4 Å². The van der Waals surface area contributed by atoms with Crippen LogP contribution < -0.4 is 21.5 Å². The Labute approximate surface area is 218 Å². The highest BCUT2D eigenvalue weighted by atomic mass is 35.5. The lowest BCUT2D eigenvalue weighted by atomic mass is 10.1. The van der Waals surface area contributed by atoms with Crippen LogP contribution in [0.3, 0.4) is 0 Å². The van der Waals surface area contributed by atoms with Crippen molar-refractivity contribution in [1.29, 1.82) is 0 Å². The number of aromatic nitrogens is 3. The summed E-state index contributed by atoms with van der Waals surface area (Å²) in [7, 11) is 0. The fourth-order valence-electron chi connectivity index (χ4n) is 4.80. The Balaban J connectivity index is 1.43. The molecule has 37 heavy (non-hydrogen) atoms. The van der Waals surface area contributed by atoms with Crippen LogP contribution in [0.5, 0.6) is 0 Å². The first kappa shape index (κ1) is 23.5. The number of nitrogens with two attached hydrogens (primary N) is 1. The van der Waals surface area contributed by atoms with Crippen molar-refractivity contribution in [2.45, 2.75) is 13.1 Å². The van der Waals surface area contributed by atoms with E-state index in [0.29, 0.717) is 53.9 Å². The van der Waals surface area contributed by atoms with Gasteiger partial charge in [-0.1, -0.05) is 35.9 Å². The molecule has 8 nitrogen and oxygen atoms in total. The van der Waals surface area contributed by atoms with Gasteiger partial charge >= 0.3 is 0 Å². The third-order valence-corrected chi connectivity index (χ3v) is 7.02. The molecule has 1 saturated heterocycles. The number of H-pyrrole nitrogens is 2. The van der Waals surface area contributed by atoms with Gasteiger partial charge in [0, 0.05) is 42.3 Å². The number of nitrogens with zero attached hydrogens (tertiary/aromatic N) is 2. The maximum Gasteiger partial charge on any atom is 0.261 e. The average molecular weight is 515 g/mol. The molecule has 3 heterocycles. The van der Waals surface area contributed by atoms with Crippen LogP contribution >= 0.6 is 11.6 Å². The Morgan fingerprint density at radius 3 is 2.54 bits per heavy atom. The van der Waals surface area contributed by atoms with E-state index in [4.69, 9.17) is 27.1 Å². The minimum atomic E-state index is -0.247. The molecule has 2 aromatic heterocycles. The number of nitrogens with one attached hydrogen (secondary N) is 3. The number of rotatable bonds is 6. The molecule has 0 atom stereocenters. The summed E-state index contributed by atoms with van der Waals surface area (Å²) in [5.74, 6) is 0.508. The highest BCUT2D eigenvalue weighted by molar-refractivity contribution is 6.31. The molecule has 1 fully saturated rings. The van der Waals surface area contributed by atoms with E-state index in [9.17, 15) is 4.79 Å². The van der Waals surface area contributed by atoms with E-state index in [1.165, 1.54) is 0 Å². The summed E-state index contributed by atoms with van der Waals surface area (Å²) < 4.78 is 5.49. The zero-order valence-corrected chi connectivity index (χ0v) is 20.9. The van der Waals surface area contributed by atoms with E-state index in [1.807, 2.05) is 42.5 Å². The molecule has 0 aliphatic carbocycles. The first-order chi connectivity index (χ1) is 18.1. The van der Waals surface area contributed by atoms with Gasteiger partial charge in [0.1, 0.15) is 11.4 Å². The molecule has 0 saturated carbocycles. The monoisotopic (exact) mass is 514 g/mol. The number of pyridine rings is 1. The van der Waals surface area contributed by atoms with Gasteiger partial charge in [0.05, 0.1) is 35.5 Å². The first-order valence-electron chi connectivity index (χ1n) is 12.3. The molecule has 1 aliphatic rings. The van der Waals surface area contributed by atoms with E-state index in [2.05, 4.69) is 32.3 Å². The van der Waals surface area contributed by atoms with E-state index in [0.717, 1.165) is 46.3 Å². The number of ether oxygens (including phenoxy) is 1. The van der Waals surface area contributed by atoms with Crippen LogP contribution in [-0.4, -0.2) is 41.3 Å². The molecule has 6 rings (SSSR count). The number of hydrogen-bond acceptors (Lipinski definition) is 6. The average Bonchev–Trinajstić information content (AvgIpc) is 3.35. The van der Waals surface area contributed by atoms with Crippen LogP contribution in [0.1, 0.15) is 11.1 Å². The quantitative estimate of drug-likeness (QED) is 0.263. The zero-order valence-electron chi connectivity index (χ0n) is 20.2. The normalized spacial score (nSPS) is 13.9. The van der Waals surface area contributed by atoms with E-state index < -0.39 is 0 Å². The number of benzene rings is 3. The molecule has 9 heteroatoms. The fourth-order valence-corrected chi connectivity index (χ4v) is 4.97. The maximum atomic E-state index is 13.4. The molecule has 5 aromatic rings. The molecule has 5 N–H and O–H groups in total. The van der Waals surface area contributed by atoms with Crippen LogP contribution in [0.15, 0.2) is 65.5 Å². The lowest BCUT2D eigenvalue weighted by molar-refractivity contribution is 0.122. The standard InChI is InChI=1S/C28H27ClN6O2/c29-19-5-7-21-23(13-19)34-28(36)25(26(21)31-16-18-3-1-17(15-30)2-4-18)27-32-22-8-6-20(14-24(22)33-27)35-9-11-37-12-10-35/h1-8,13-14H,9-12,15-16,30H2,(H,32,33)(H2,31,34,36). The molecule has 0 spiro atoms. The first-order valence-corrected chi connectivity index (χ1v) is 12.7. The highest BCUT2D eigenvalue weighted by Crippen LogP contribution is 2.33. The van der Waals surface area contributed by atoms with Gasteiger partial charge in [-0.3, -0.25) is 4.79 Å². The summed E-state index contributed by atoms with van der Waals surface area (Å²) in [6.45, 7) is 4.15. The van der Waals surface area contributed by atoms with E-state index in [-0.39, 0.29) is 5.56 Å². The fraction of sp³-hybridized carbons (Fsp3) is 0.214. The van der Waals surface area contributed by atoms with Crippen molar-refractivity contribution >= 4 is 44.9 Å². The lowest BCUT2D eigenvalue weighted by Gasteiger charge is -2.28.